The number of benzene rings is 1. The smallest absolute Gasteiger partial charge is 0.382 e. The predicted molar refractivity (Wildman–Crippen MR) is 150 cm³/mol. The van der Waals surface area contributed by atoms with Crippen molar-refractivity contribution in [2.75, 3.05) is 31.9 Å². The van der Waals surface area contributed by atoms with E-state index in [0.717, 1.165) is 0 Å². The minimum absolute atomic E-state index is 0.0738. The van der Waals surface area contributed by atoms with E-state index < -0.39 is 67.7 Å². The molecule has 5 rings (SSSR count). The van der Waals surface area contributed by atoms with Gasteiger partial charge in [0.25, 0.3) is 11.8 Å². The summed E-state index contributed by atoms with van der Waals surface area (Å²) in [4.78, 5) is 31.9. The van der Waals surface area contributed by atoms with Gasteiger partial charge in [-0.2, -0.15) is 31.4 Å². The van der Waals surface area contributed by atoms with E-state index in [-0.39, 0.29) is 48.9 Å². The molecular weight excluding hydrogens is 673 g/mol. The van der Waals surface area contributed by atoms with E-state index in [1.165, 1.54) is 23.0 Å². The third kappa shape index (κ3) is 7.52. The highest BCUT2D eigenvalue weighted by molar-refractivity contribution is 6.34. The van der Waals surface area contributed by atoms with Gasteiger partial charge in [-0.25, -0.2) is 22.7 Å². The lowest BCUT2D eigenvalue weighted by molar-refractivity contribution is -0.284. The number of hydrogen-bond donors (Lipinski definition) is 2. The van der Waals surface area contributed by atoms with Crippen molar-refractivity contribution in [1.29, 1.82) is 0 Å². The van der Waals surface area contributed by atoms with E-state index >= 15 is 0 Å². The summed E-state index contributed by atoms with van der Waals surface area (Å²) in [7, 11) is 0. The zero-order valence-electron chi connectivity index (χ0n) is 24.2. The molecule has 2 saturated heterocycles. The number of aromatic nitrogens is 3. The summed E-state index contributed by atoms with van der Waals surface area (Å²) in [6.07, 6.45) is -14.9. The first kappa shape index (κ1) is 34.5. The van der Waals surface area contributed by atoms with Gasteiger partial charge in [0.2, 0.25) is 5.91 Å². The molecule has 1 aromatic carbocycles. The predicted octanol–water partition coefficient (Wildman–Crippen LogP) is 5.27. The number of nitrogens with zero attached hydrogens (tertiary/aromatic N) is 5. The van der Waals surface area contributed by atoms with Gasteiger partial charge in [-0.3, -0.25) is 14.5 Å². The molecule has 2 aliphatic heterocycles. The van der Waals surface area contributed by atoms with Crippen LogP contribution in [0.25, 0.3) is 16.8 Å². The molecule has 3 aromatic rings. The Hall–Kier alpha value is -3.80. The number of piperidine rings is 1. The van der Waals surface area contributed by atoms with E-state index in [1.54, 1.807) is 12.1 Å². The van der Waals surface area contributed by atoms with Gasteiger partial charge in [0.05, 0.1) is 28.9 Å². The molecule has 4 heterocycles. The highest BCUT2D eigenvalue weighted by atomic mass is 35.5. The highest BCUT2D eigenvalue weighted by Crippen LogP contribution is 2.42. The van der Waals surface area contributed by atoms with Crippen LogP contribution in [0.4, 0.5) is 45.3 Å². The monoisotopic (exact) mass is 699 g/mol. The van der Waals surface area contributed by atoms with Gasteiger partial charge in [-0.05, 0) is 23.8 Å². The van der Waals surface area contributed by atoms with Gasteiger partial charge in [0.15, 0.2) is 11.7 Å². The van der Waals surface area contributed by atoms with Crippen LogP contribution in [-0.2, 0) is 11.3 Å². The maximum absolute atomic E-state index is 14.8. The van der Waals surface area contributed by atoms with Crippen LogP contribution in [0, 0.1) is 5.92 Å². The van der Waals surface area contributed by atoms with Crippen LogP contribution >= 0.6 is 11.6 Å². The van der Waals surface area contributed by atoms with Gasteiger partial charge < -0.3 is 16.0 Å². The van der Waals surface area contributed by atoms with Crippen LogP contribution in [0.3, 0.4) is 0 Å². The fraction of sp³-hybridized carbons (Fsp3) is 0.500. The zero-order chi connectivity index (χ0) is 34.5. The van der Waals surface area contributed by atoms with Crippen LogP contribution in [-0.4, -0.2) is 92.9 Å². The zero-order valence-corrected chi connectivity index (χ0v) is 24.9. The van der Waals surface area contributed by atoms with Crippen molar-refractivity contribution in [3.05, 3.63) is 46.7 Å². The molecule has 0 unspecified atom stereocenters. The molecule has 2 amide bonds. The van der Waals surface area contributed by atoms with Crippen LogP contribution in [0.1, 0.15) is 35.2 Å². The van der Waals surface area contributed by atoms with Crippen LogP contribution in [0.5, 0.6) is 0 Å². The quantitative estimate of drug-likeness (QED) is 0.326. The van der Waals surface area contributed by atoms with E-state index in [4.69, 9.17) is 17.3 Å². The number of carbonyl (C=O) groups excluding carboxylic acids is 2. The number of amides is 2. The molecule has 19 heteroatoms. The van der Waals surface area contributed by atoms with Crippen molar-refractivity contribution >= 4 is 34.7 Å². The molecule has 47 heavy (non-hydrogen) atoms. The number of nitrogens with one attached hydrogen (secondary N) is 1. The molecule has 0 spiro atoms. The van der Waals surface area contributed by atoms with Gasteiger partial charge in [0, 0.05) is 51.0 Å². The van der Waals surface area contributed by atoms with Crippen LogP contribution in [0.2, 0.25) is 5.02 Å². The maximum Gasteiger partial charge on any atom is 0.400 e. The molecule has 2 atom stereocenters. The number of hydrogen-bond acceptors (Lipinski definition) is 6. The number of nitrogens with two attached hydrogens (primary N) is 1. The van der Waals surface area contributed by atoms with E-state index in [1.807, 2.05) is 4.90 Å². The first-order valence-corrected chi connectivity index (χ1v) is 14.6. The Balaban J connectivity index is 1.34. The Labute approximate surface area is 265 Å². The lowest BCUT2D eigenvalue weighted by Gasteiger charge is -2.31. The Kier molecular flexibility index (Phi) is 9.31. The summed E-state index contributed by atoms with van der Waals surface area (Å²) >= 11 is 6.27. The fourth-order valence-corrected chi connectivity index (χ4v) is 5.88. The van der Waals surface area contributed by atoms with Gasteiger partial charge in [-0.1, -0.05) is 17.7 Å². The summed E-state index contributed by atoms with van der Waals surface area (Å²) < 4.78 is 121. The molecule has 9 nitrogen and oxygen atoms in total. The Morgan fingerprint density at radius 1 is 1.06 bits per heavy atom. The lowest BCUT2D eigenvalue weighted by atomic mass is 10.0. The van der Waals surface area contributed by atoms with Gasteiger partial charge >= 0.3 is 12.4 Å². The summed E-state index contributed by atoms with van der Waals surface area (Å²) in [6.45, 7) is -0.960. The molecule has 0 saturated carbocycles. The molecule has 2 fully saturated rings. The number of carbonyl (C=O) groups is 2. The largest absolute Gasteiger partial charge is 0.400 e. The van der Waals surface area contributed by atoms with Crippen molar-refractivity contribution in [1.82, 2.24) is 29.7 Å². The average Bonchev–Trinajstić information content (AvgIpc) is 3.52. The number of alkyl halides is 9. The highest BCUT2D eigenvalue weighted by Gasteiger charge is 2.57. The summed E-state index contributed by atoms with van der Waals surface area (Å²) in [5.74, 6) is -9.05. The number of rotatable bonds is 7. The minimum Gasteiger partial charge on any atom is -0.382 e. The number of halogens is 10. The third-order valence-electron chi connectivity index (χ3n) is 8.24. The molecule has 0 radical (unpaired) electrons. The summed E-state index contributed by atoms with van der Waals surface area (Å²) in [5, 5.41) is 6.49. The Morgan fingerprint density at radius 2 is 1.72 bits per heavy atom. The van der Waals surface area contributed by atoms with Crippen molar-refractivity contribution in [3.8, 4) is 11.3 Å². The first-order valence-electron chi connectivity index (χ1n) is 14.2. The number of nitrogen functional groups attached to an aromatic ring is 1. The molecule has 256 valence electrons. The van der Waals surface area contributed by atoms with E-state index in [0.29, 0.717) is 27.2 Å². The second kappa shape index (κ2) is 12.7. The number of fused-ring (bicyclic) bond motifs is 1. The van der Waals surface area contributed by atoms with Crippen molar-refractivity contribution in [2.45, 2.75) is 56.3 Å². The second-order valence-electron chi connectivity index (χ2n) is 11.5. The molecule has 3 N–H and O–H groups in total. The summed E-state index contributed by atoms with van der Waals surface area (Å²) in [5.41, 5.74) is 7.81. The molecule has 0 bridgehead atoms. The molecular formula is C28H27ClF9N7O2. The number of anilines is 1. The van der Waals surface area contributed by atoms with E-state index in [9.17, 15) is 49.1 Å². The molecule has 2 aromatic heterocycles. The lowest BCUT2D eigenvalue weighted by Crippen LogP contribution is -2.43. The van der Waals surface area contributed by atoms with Crippen LogP contribution in [0.15, 0.2) is 30.6 Å². The summed E-state index contributed by atoms with van der Waals surface area (Å²) in [6, 6.07) is 4.52. The molecule has 0 aliphatic carbocycles. The second-order valence-corrected chi connectivity index (χ2v) is 11.9. The normalized spacial score (nSPS) is 20.7. The van der Waals surface area contributed by atoms with Crippen molar-refractivity contribution < 1.29 is 49.1 Å². The number of likely N-dealkylation sites (tertiary alicyclic amines) is 2. The van der Waals surface area contributed by atoms with Crippen molar-refractivity contribution in [3.63, 3.8) is 0 Å². The maximum atomic E-state index is 14.8. The van der Waals surface area contributed by atoms with Crippen LogP contribution < -0.4 is 11.1 Å². The van der Waals surface area contributed by atoms with E-state index in [2.05, 4.69) is 15.4 Å². The standard InChI is InChI=1S/C28H27ClF9N7O2/c29-17-2-1-14(20-8-15(23-24(39)40-13-41-45(20)23)10-43-5-3-26(31,32)4-6-43)7-16(17)25(47)42-19-12-44(11-18(19)30)22(46)9-21(27(33,34)35)28(36,37)38/h1-2,7-8,13,18-19,21H,3-6,9-12H2,(H,42,47)(H2,39,40,41)/t18-,19+/m0/s1. The Bertz CT molecular complexity index is 1640. The SMILES string of the molecule is Nc1ncnn2c(-c3ccc(Cl)c(C(=O)N[C@@H]4CN(C(=O)CC(C(F)(F)F)C(F)(F)F)C[C@@H]4F)c3)cc(CN3CCC(F)(F)CC3)c12. The average molecular weight is 700 g/mol. The van der Waals surface area contributed by atoms with Gasteiger partial charge in [0.1, 0.15) is 18.0 Å². The van der Waals surface area contributed by atoms with Crippen molar-refractivity contribution in [2.24, 2.45) is 5.92 Å². The van der Waals surface area contributed by atoms with Gasteiger partial charge in [-0.15, -0.1) is 0 Å². The topological polar surface area (TPSA) is 109 Å². The third-order valence-corrected chi connectivity index (χ3v) is 8.57. The molecule has 2 aliphatic rings. The minimum atomic E-state index is -5.74. The fourth-order valence-electron chi connectivity index (χ4n) is 5.68. The first-order chi connectivity index (χ1) is 21.8. The Morgan fingerprint density at radius 3 is 2.36 bits per heavy atom.